The van der Waals surface area contributed by atoms with Crippen LogP contribution in [0.5, 0.6) is 0 Å². The molecule has 4 heterocycles. The summed E-state index contributed by atoms with van der Waals surface area (Å²) in [6.07, 6.45) is 6.87. The third kappa shape index (κ3) is 5.53. The van der Waals surface area contributed by atoms with Gasteiger partial charge < -0.3 is 29.1 Å². The van der Waals surface area contributed by atoms with E-state index in [4.69, 9.17) is 14.2 Å². The molecule has 2 amide bonds. The van der Waals surface area contributed by atoms with E-state index in [1.165, 1.54) is 0 Å². The Kier molecular flexibility index (Phi) is 9.85. The van der Waals surface area contributed by atoms with Gasteiger partial charge in [0, 0.05) is 45.9 Å². The summed E-state index contributed by atoms with van der Waals surface area (Å²) < 4.78 is 17.9. The van der Waals surface area contributed by atoms with Gasteiger partial charge >= 0.3 is 5.97 Å². The minimum atomic E-state index is -1.09. The summed E-state index contributed by atoms with van der Waals surface area (Å²) in [6, 6.07) is -0.863. The van der Waals surface area contributed by atoms with Crippen LogP contribution < -0.4 is 0 Å². The SMILES string of the molecule is C=CCCCOC(=O)[C@@H]1[C@H]2C(=O)N(CCCO)C(C(=O)N(CC=C)CCN3CCOCC3)C23CC[C@@]1(CC)O3. The third-order valence-corrected chi connectivity index (χ3v) is 8.97. The fraction of sp³-hybridized carbons (Fsp3) is 0.759. The summed E-state index contributed by atoms with van der Waals surface area (Å²) in [6.45, 7) is 14.4. The standard InChI is InChI=1S/C29H45N3O7/c1-4-7-8-19-38-27(36)23-22-25(34)32(13-9-18-33)24(29(22)11-10-28(23,6-3)39-29)26(35)31(12-5-2)15-14-30-16-20-37-21-17-30/h4-5,22-24,33H,1-2,6-21H2,3H3/t22-,23-,24?,28+,29?/m0/s1. The van der Waals surface area contributed by atoms with Crippen LogP contribution in [0, 0.1) is 11.8 Å². The van der Waals surface area contributed by atoms with Gasteiger partial charge in [-0.05, 0) is 38.5 Å². The molecule has 2 unspecified atom stereocenters. The molecule has 1 N–H and O–H groups in total. The lowest BCUT2D eigenvalue weighted by atomic mass is 9.65. The molecular formula is C29H45N3O7. The maximum atomic E-state index is 14.3. The van der Waals surface area contributed by atoms with Gasteiger partial charge in [0.25, 0.3) is 0 Å². The van der Waals surface area contributed by atoms with Crippen LogP contribution in [-0.4, -0.2) is 121 Å². The van der Waals surface area contributed by atoms with Gasteiger partial charge in [-0.25, -0.2) is 0 Å². The van der Waals surface area contributed by atoms with Crippen LogP contribution in [0.3, 0.4) is 0 Å². The second-order valence-electron chi connectivity index (χ2n) is 11.1. The largest absolute Gasteiger partial charge is 0.465 e. The number of likely N-dealkylation sites (tertiary alicyclic amines) is 1. The van der Waals surface area contributed by atoms with Crippen molar-refractivity contribution in [1.29, 1.82) is 0 Å². The summed E-state index contributed by atoms with van der Waals surface area (Å²) in [5.74, 6) is -2.41. The van der Waals surface area contributed by atoms with Crippen LogP contribution in [0.1, 0.15) is 45.4 Å². The van der Waals surface area contributed by atoms with Crippen molar-refractivity contribution in [2.75, 3.05) is 65.7 Å². The number of aliphatic hydroxyl groups excluding tert-OH is 1. The van der Waals surface area contributed by atoms with Gasteiger partial charge in [0.05, 0.1) is 31.3 Å². The predicted octanol–water partition coefficient (Wildman–Crippen LogP) is 1.38. The molecule has 39 heavy (non-hydrogen) atoms. The lowest BCUT2D eigenvalue weighted by Gasteiger charge is -2.37. The molecule has 0 aromatic carbocycles. The van der Waals surface area contributed by atoms with E-state index < -0.39 is 35.0 Å². The van der Waals surface area contributed by atoms with Crippen LogP contribution in [-0.2, 0) is 28.6 Å². The fourth-order valence-corrected chi connectivity index (χ4v) is 7.03. The molecule has 10 nitrogen and oxygen atoms in total. The molecule has 0 aliphatic carbocycles. The normalized spacial score (nSPS) is 31.8. The van der Waals surface area contributed by atoms with Crippen molar-refractivity contribution in [1.82, 2.24) is 14.7 Å². The van der Waals surface area contributed by atoms with Gasteiger partial charge in [-0.2, -0.15) is 0 Å². The fourth-order valence-electron chi connectivity index (χ4n) is 7.03. The molecule has 4 aliphatic rings. The lowest BCUT2D eigenvalue weighted by Crippen LogP contribution is -2.57. The zero-order chi connectivity index (χ0) is 28.0. The molecule has 0 aromatic rings. The summed E-state index contributed by atoms with van der Waals surface area (Å²) in [7, 11) is 0. The molecule has 0 radical (unpaired) electrons. The summed E-state index contributed by atoms with van der Waals surface area (Å²) >= 11 is 0. The van der Waals surface area contributed by atoms with Gasteiger partial charge in [0.1, 0.15) is 17.6 Å². The quantitative estimate of drug-likeness (QED) is 0.186. The number of hydrogen-bond acceptors (Lipinski definition) is 8. The van der Waals surface area contributed by atoms with Gasteiger partial charge in [-0.3, -0.25) is 19.3 Å². The minimum Gasteiger partial charge on any atom is -0.465 e. The maximum absolute atomic E-state index is 14.3. The zero-order valence-electron chi connectivity index (χ0n) is 23.4. The number of ether oxygens (including phenoxy) is 3. The third-order valence-electron chi connectivity index (χ3n) is 8.97. The van der Waals surface area contributed by atoms with Gasteiger partial charge in [0.15, 0.2) is 0 Å². The number of morpholine rings is 1. The number of amides is 2. The molecule has 218 valence electrons. The number of unbranched alkanes of at least 4 members (excludes halogenated alkanes) is 1. The summed E-state index contributed by atoms with van der Waals surface area (Å²) in [4.78, 5) is 47.5. The highest BCUT2D eigenvalue weighted by atomic mass is 16.6. The smallest absolute Gasteiger partial charge is 0.312 e. The first-order chi connectivity index (χ1) is 18.9. The number of carbonyl (C=O) groups excluding carboxylic acids is 3. The van der Waals surface area contributed by atoms with E-state index in [1.54, 1.807) is 22.0 Å². The highest BCUT2D eigenvalue weighted by molar-refractivity contribution is 5.98. The molecule has 0 aromatic heterocycles. The Bertz CT molecular complexity index is 923. The number of allylic oxidation sites excluding steroid dienone is 1. The van der Waals surface area contributed by atoms with Gasteiger partial charge in [-0.1, -0.05) is 19.1 Å². The molecule has 4 aliphatic heterocycles. The van der Waals surface area contributed by atoms with Gasteiger partial charge in [-0.15, -0.1) is 13.2 Å². The molecule has 1 spiro atoms. The Balaban J connectivity index is 1.62. The topological polar surface area (TPSA) is 109 Å². The van der Waals surface area contributed by atoms with Crippen LogP contribution in [0.4, 0.5) is 0 Å². The second kappa shape index (κ2) is 12.9. The van der Waals surface area contributed by atoms with E-state index in [1.807, 2.05) is 6.92 Å². The summed E-state index contributed by atoms with van der Waals surface area (Å²) in [5, 5.41) is 9.58. The second-order valence-corrected chi connectivity index (χ2v) is 11.1. The van der Waals surface area contributed by atoms with Crippen molar-refractivity contribution >= 4 is 17.8 Å². The molecule has 5 atom stereocenters. The monoisotopic (exact) mass is 547 g/mol. The number of esters is 1. The van der Waals surface area contributed by atoms with Crippen molar-refractivity contribution in [3.05, 3.63) is 25.3 Å². The van der Waals surface area contributed by atoms with Crippen LogP contribution in [0.25, 0.3) is 0 Å². The predicted molar refractivity (Wildman–Crippen MR) is 145 cm³/mol. The first kappa shape index (κ1) is 29.7. The van der Waals surface area contributed by atoms with Crippen molar-refractivity contribution in [3.63, 3.8) is 0 Å². The number of nitrogens with zero attached hydrogens (tertiary/aromatic N) is 3. The Hall–Kier alpha value is -2.27. The van der Waals surface area contributed by atoms with E-state index in [0.29, 0.717) is 65.0 Å². The molecule has 4 saturated heterocycles. The molecule has 4 rings (SSSR count). The van der Waals surface area contributed by atoms with E-state index in [0.717, 1.165) is 19.5 Å². The van der Waals surface area contributed by atoms with Crippen LogP contribution >= 0.6 is 0 Å². The zero-order valence-corrected chi connectivity index (χ0v) is 23.4. The van der Waals surface area contributed by atoms with E-state index >= 15 is 0 Å². The average molecular weight is 548 g/mol. The number of rotatable bonds is 15. The number of fused-ring (bicyclic) bond motifs is 1. The highest BCUT2D eigenvalue weighted by Crippen LogP contribution is 2.64. The number of carbonyl (C=O) groups is 3. The highest BCUT2D eigenvalue weighted by Gasteiger charge is 2.79. The summed E-state index contributed by atoms with van der Waals surface area (Å²) in [5.41, 5.74) is -1.92. The number of aliphatic hydroxyl groups is 1. The van der Waals surface area contributed by atoms with Crippen molar-refractivity contribution < 1.29 is 33.7 Å². The van der Waals surface area contributed by atoms with Gasteiger partial charge in [0.2, 0.25) is 11.8 Å². The first-order valence-electron chi connectivity index (χ1n) is 14.5. The Labute approximate surface area is 231 Å². The van der Waals surface area contributed by atoms with E-state index in [2.05, 4.69) is 18.1 Å². The van der Waals surface area contributed by atoms with Crippen molar-refractivity contribution in [3.8, 4) is 0 Å². The Morgan fingerprint density at radius 1 is 1.18 bits per heavy atom. The maximum Gasteiger partial charge on any atom is 0.312 e. The van der Waals surface area contributed by atoms with Crippen molar-refractivity contribution in [2.45, 2.75) is 62.7 Å². The van der Waals surface area contributed by atoms with Crippen molar-refractivity contribution in [2.24, 2.45) is 11.8 Å². The Morgan fingerprint density at radius 3 is 2.62 bits per heavy atom. The lowest BCUT2D eigenvalue weighted by molar-refractivity contribution is -0.162. The van der Waals surface area contributed by atoms with E-state index in [-0.39, 0.29) is 31.6 Å². The molecule has 0 saturated carbocycles. The Morgan fingerprint density at radius 2 is 1.95 bits per heavy atom. The van der Waals surface area contributed by atoms with Crippen LogP contribution in [0.15, 0.2) is 25.3 Å². The minimum absolute atomic E-state index is 0.107. The number of hydrogen-bond donors (Lipinski definition) is 1. The molecule has 10 heteroatoms. The molecule has 2 bridgehead atoms. The van der Waals surface area contributed by atoms with Crippen LogP contribution in [0.2, 0.25) is 0 Å². The van der Waals surface area contributed by atoms with E-state index in [9.17, 15) is 19.5 Å². The first-order valence-corrected chi connectivity index (χ1v) is 14.5. The molecule has 4 fully saturated rings. The molecular weight excluding hydrogens is 502 g/mol. The average Bonchev–Trinajstić information content (AvgIpc) is 3.55.